The van der Waals surface area contributed by atoms with Crippen LogP contribution >= 0.6 is 0 Å². The Labute approximate surface area is 151 Å². The fraction of sp³-hybridized carbons (Fsp3) is 0.263. The maximum absolute atomic E-state index is 12.8. The molecule has 5 nitrogen and oxygen atoms in total. The number of aliphatic hydroxyl groups is 1. The van der Waals surface area contributed by atoms with Crippen molar-refractivity contribution in [3.8, 4) is 11.3 Å². The van der Waals surface area contributed by atoms with Gasteiger partial charge < -0.3 is 14.6 Å². The van der Waals surface area contributed by atoms with E-state index in [1.165, 1.54) is 12.1 Å². The third kappa shape index (κ3) is 2.86. The molecule has 1 aliphatic rings. The molecule has 1 aromatic carbocycles. The fourth-order valence-electron chi connectivity index (χ4n) is 3.51. The molecule has 0 spiro atoms. The molecule has 0 atom stereocenters. The van der Waals surface area contributed by atoms with E-state index in [2.05, 4.69) is 4.98 Å². The number of hydrogen-bond acceptors (Lipinski definition) is 3. The molecule has 2 heterocycles. The van der Waals surface area contributed by atoms with E-state index < -0.39 is 29.2 Å². The number of nitrogens with zero attached hydrogens (tertiary/aromatic N) is 2. The van der Waals surface area contributed by atoms with Gasteiger partial charge in [0.1, 0.15) is 11.4 Å². The van der Waals surface area contributed by atoms with E-state index in [1.807, 2.05) is 0 Å². The maximum Gasteiger partial charge on any atom is 0.416 e. The van der Waals surface area contributed by atoms with Gasteiger partial charge in [0.25, 0.3) is 0 Å². The number of alkyl halides is 3. The fourth-order valence-corrected chi connectivity index (χ4v) is 3.51. The first kappa shape index (κ1) is 17.5. The molecule has 0 bridgehead atoms. The lowest BCUT2D eigenvalue weighted by molar-refractivity contribution is -0.160. The maximum atomic E-state index is 12.8. The minimum absolute atomic E-state index is 0.0444. The average molecular weight is 376 g/mol. The standard InChI is InChI=1S/C19H15F3N2O3/c20-19(21,22)13-6-4-11(5-7-13)15-14-3-1-2-8-24(14)17(23-15)18(27)9-12(10-18)16(25)26/h1-8,12,27H,9-10H2,(H,25,26). The minimum Gasteiger partial charge on any atom is -0.481 e. The summed E-state index contributed by atoms with van der Waals surface area (Å²) in [6, 6.07) is 9.91. The first-order valence-corrected chi connectivity index (χ1v) is 8.29. The number of pyridine rings is 1. The molecule has 1 saturated carbocycles. The highest BCUT2D eigenvalue weighted by Crippen LogP contribution is 2.46. The molecule has 140 valence electrons. The second-order valence-corrected chi connectivity index (χ2v) is 6.79. The number of fused-ring (bicyclic) bond motifs is 1. The summed E-state index contributed by atoms with van der Waals surface area (Å²) < 4.78 is 40.0. The SMILES string of the molecule is O=C(O)C1CC(O)(c2nc(-c3ccc(C(F)(F)F)cc3)c3ccccn23)C1. The molecular weight excluding hydrogens is 361 g/mol. The summed E-state index contributed by atoms with van der Waals surface area (Å²) in [4.78, 5) is 15.6. The van der Waals surface area contributed by atoms with Crippen LogP contribution in [0.2, 0.25) is 0 Å². The second-order valence-electron chi connectivity index (χ2n) is 6.79. The van der Waals surface area contributed by atoms with Crippen LogP contribution < -0.4 is 0 Å². The quantitative estimate of drug-likeness (QED) is 0.731. The molecule has 2 aromatic heterocycles. The number of aromatic nitrogens is 2. The van der Waals surface area contributed by atoms with Gasteiger partial charge in [0.2, 0.25) is 0 Å². The molecule has 1 fully saturated rings. The van der Waals surface area contributed by atoms with E-state index in [-0.39, 0.29) is 12.8 Å². The summed E-state index contributed by atoms with van der Waals surface area (Å²) >= 11 is 0. The van der Waals surface area contributed by atoms with Crippen molar-refractivity contribution >= 4 is 11.5 Å². The Morgan fingerprint density at radius 1 is 1.15 bits per heavy atom. The van der Waals surface area contributed by atoms with Crippen molar-refractivity contribution in [2.24, 2.45) is 5.92 Å². The highest BCUT2D eigenvalue weighted by molar-refractivity contribution is 5.78. The van der Waals surface area contributed by atoms with E-state index in [1.54, 1.807) is 28.8 Å². The largest absolute Gasteiger partial charge is 0.481 e. The Hall–Kier alpha value is -2.87. The number of rotatable bonds is 3. The molecule has 2 N–H and O–H groups in total. The minimum atomic E-state index is -4.42. The lowest BCUT2D eigenvalue weighted by Gasteiger charge is -2.40. The topological polar surface area (TPSA) is 74.8 Å². The van der Waals surface area contributed by atoms with Crippen LogP contribution in [0.5, 0.6) is 0 Å². The monoisotopic (exact) mass is 376 g/mol. The Morgan fingerprint density at radius 2 is 1.81 bits per heavy atom. The van der Waals surface area contributed by atoms with Gasteiger partial charge in [0.05, 0.1) is 22.7 Å². The number of imidazole rings is 1. The van der Waals surface area contributed by atoms with Gasteiger partial charge in [-0.05, 0) is 37.1 Å². The van der Waals surface area contributed by atoms with Crippen LogP contribution in [-0.2, 0) is 16.6 Å². The van der Waals surface area contributed by atoms with E-state index in [0.717, 1.165) is 12.1 Å². The number of carboxylic acids is 1. The van der Waals surface area contributed by atoms with Gasteiger partial charge in [-0.15, -0.1) is 0 Å². The molecular formula is C19H15F3N2O3. The van der Waals surface area contributed by atoms with Crippen LogP contribution in [0.3, 0.4) is 0 Å². The van der Waals surface area contributed by atoms with Crippen LogP contribution in [0.4, 0.5) is 13.2 Å². The van der Waals surface area contributed by atoms with E-state index in [9.17, 15) is 23.1 Å². The van der Waals surface area contributed by atoms with Gasteiger partial charge in [0.15, 0.2) is 0 Å². The molecule has 4 rings (SSSR count). The normalized spacial score (nSPS) is 22.6. The van der Waals surface area contributed by atoms with Crippen LogP contribution in [0.25, 0.3) is 16.8 Å². The number of benzene rings is 1. The Balaban J connectivity index is 1.78. The summed E-state index contributed by atoms with van der Waals surface area (Å²) in [6.07, 6.45) is -2.64. The van der Waals surface area contributed by atoms with Gasteiger partial charge in [-0.2, -0.15) is 13.2 Å². The molecule has 1 aliphatic carbocycles. The van der Waals surface area contributed by atoms with Crippen molar-refractivity contribution in [1.82, 2.24) is 9.38 Å². The summed E-state index contributed by atoms with van der Waals surface area (Å²) in [5.74, 6) is -1.31. The number of carbonyl (C=O) groups is 1. The summed E-state index contributed by atoms with van der Waals surface area (Å²) in [5, 5.41) is 19.9. The summed E-state index contributed by atoms with van der Waals surface area (Å²) in [5.41, 5.74) is -0.587. The van der Waals surface area contributed by atoms with Crippen LogP contribution in [0.1, 0.15) is 24.2 Å². The van der Waals surface area contributed by atoms with Crippen molar-refractivity contribution in [3.63, 3.8) is 0 Å². The third-order valence-electron chi connectivity index (χ3n) is 4.97. The predicted molar refractivity (Wildman–Crippen MR) is 89.9 cm³/mol. The molecule has 0 unspecified atom stereocenters. The van der Waals surface area contributed by atoms with E-state index >= 15 is 0 Å². The number of hydrogen-bond donors (Lipinski definition) is 2. The lowest BCUT2D eigenvalue weighted by Crippen LogP contribution is -2.45. The first-order chi connectivity index (χ1) is 12.7. The summed E-state index contributed by atoms with van der Waals surface area (Å²) in [6.45, 7) is 0. The zero-order valence-electron chi connectivity index (χ0n) is 13.9. The van der Waals surface area contributed by atoms with Crippen molar-refractivity contribution in [3.05, 3.63) is 60.0 Å². The molecule has 0 aliphatic heterocycles. The van der Waals surface area contributed by atoms with Crippen molar-refractivity contribution in [1.29, 1.82) is 0 Å². The van der Waals surface area contributed by atoms with Crippen LogP contribution in [0, 0.1) is 5.92 Å². The number of aliphatic carboxylic acids is 1. The molecule has 0 saturated heterocycles. The molecule has 0 radical (unpaired) electrons. The Kier molecular flexibility index (Phi) is 3.78. The average Bonchev–Trinajstić information content (AvgIpc) is 2.98. The summed E-state index contributed by atoms with van der Waals surface area (Å²) in [7, 11) is 0. The van der Waals surface area contributed by atoms with Crippen molar-refractivity contribution in [2.45, 2.75) is 24.6 Å². The second kappa shape index (κ2) is 5.82. The van der Waals surface area contributed by atoms with Gasteiger partial charge in [-0.1, -0.05) is 18.2 Å². The van der Waals surface area contributed by atoms with E-state index in [4.69, 9.17) is 5.11 Å². The first-order valence-electron chi connectivity index (χ1n) is 8.29. The van der Waals surface area contributed by atoms with Crippen LogP contribution in [0.15, 0.2) is 48.7 Å². The number of carboxylic acid groups (broad SMARTS) is 1. The Bertz CT molecular complexity index is 1020. The van der Waals surface area contributed by atoms with Crippen molar-refractivity contribution in [2.75, 3.05) is 0 Å². The van der Waals surface area contributed by atoms with E-state index in [0.29, 0.717) is 22.6 Å². The predicted octanol–water partition coefficient (Wildman–Crippen LogP) is 3.70. The van der Waals surface area contributed by atoms with Gasteiger partial charge in [-0.3, -0.25) is 4.79 Å². The van der Waals surface area contributed by atoms with Crippen LogP contribution in [-0.4, -0.2) is 25.6 Å². The molecule has 0 amide bonds. The third-order valence-corrected chi connectivity index (χ3v) is 4.97. The van der Waals surface area contributed by atoms with Gasteiger partial charge >= 0.3 is 12.1 Å². The highest BCUT2D eigenvalue weighted by atomic mass is 19.4. The van der Waals surface area contributed by atoms with Gasteiger partial charge in [0, 0.05) is 11.8 Å². The van der Waals surface area contributed by atoms with Gasteiger partial charge in [-0.25, -0.2) is 4.98 Å². The number of halogens is 3. The lowest BCUT2D eigenvalue weighted by atomic mass is 9.70. The molecule has 3 aromatic rings. The zero-order valence-corrected chi connectivity index (χ0v) is 13.9. The van der Waals surface area contributed by atoms with Crippen molar-refractivity contribution < 1.29 is 28.2 Å². The zero-order chi connectivity index (χ0) is 19.4. The Morgan fingerprint density at radius 3 is 2.41 bits per heavy atom. The highest BCUT2D eigenvalue weighted by Gasteiger charge is 2.50. The smallest absolute Gasteiger partial charge is 0.416 e. The molecule has 27 heavy (non-hydrogen) atoms. The molecule has 8 heteroatoms.